The second kappa shape index (κ2) is 5.25. The lowest BCUT2D eigenvalue weighted by Gasteiger charge is -2.03. The van der Waals surface area contributed by atoms with Gasteiger partial charge in [-0.2, -0.15) is 0 Å². The Balaban J connectivity index is 1.85. The molecule has 2 aromatic rings. The number of nitrogens with zero attached hydrogens (tertiary/aromatic N) is 2. The lowest BCUT2D eigenvalue weighted by Crippen LogP contribution is -2.24. The van der Waals surface area contributed by atoms with Crippen LogP contribution >= 0.6 is 0 Å². The van der Waals surface area contributed by atoms with Gasteiger partial charge >= 0.3 is 0 Å². The van der Waals surface area contributed by atoms with Gasteiger partial charge in [-0.1, -0.05) is 6.07 Å². The molecule has 5 nitrogen and oxygen atoms in total. The van der Waals surface area contributed by atoms with E-state index in [2.05, 4.69) is 15.3 Å². The van der Waals surface area contributed by atoms with Gasteiger partial charge in [0.1, 0.15) is 5.76 Å². The van der Waals surface area contributed by atoms with E-state index in [1.165, 1.54) is 6.39 Å². The number of rotatable bonds is 4. The summed E-state index contributed by atoms with van der Waals surface area (Å²) in [7, 11) is 0. The number of aryl methyl sites for hydroxylation is 1. The van der Waals surface area contributed by atoms with Gasteiger partial charge in [0.2, 0.25) is 5.91 Å². The topological polar surface area (TPSA) is 68.0 Å². The van der Waals surface area contributed by atoms with Gasteiger partial charge in [0.25, 0.3) is 0 Å². The number of hydrogen-bond acceptors (Lipinski definition) is 4. The third-order valence-electron chi connectivity index (χ3n) is 2.38. The molecular weight excluding hydrogens is 218 g/mol. The monoisotopic (exact) mass is 231 g/mol. The normalized spacial score (nSPS) is 10.2. The minimum atomic E-state index is -0.0892. The largest absolute Gasteiger partial charge is 0.448 e. The second-order valence-corrected chi connectivity index (χ2v) is 3.68. The van der Waals surface area contributed by atoms with Crippen LogP contribution in [0.5, 0.6) is 0 Å². The Morgan fingerprint density at radius 3 is 3.06 bits per heavy atom. The van der Waals surface area contributed by atoms with E-state index in [0.29, 0.717) is 12.3 Å². The second-order valence-electron chi connectivity index (χ2n) is 3.68. The summed E-state index contributed by atoms with van der Waals surface area (Å²) in [5.41, 5.74) is 1.72. The van der Waals surface area contributed by atoms with Gasteiger partial charge in [-0.3, -0.25) is 9.78 Å². The molecule has 0 unspecified atom stereocenters. The van der Waals surface area contributed by atoms with Crippen LogP contribution in [0.3, 0.4) is 0 Å². The van der Waals surface area contributed by atoms with Crippen molar-refractivity contribution in [1.29, 1.82) is 0 Å². The van der Waals surface area contributed by atoms with E-state index in [-0.39, 0.29) is 12.3 Å². The van der Waals surface area contributed by atoms with Gasteiger partial charge in [0.15, 0.2) is 6.39 Å². The van der Waals surface area contributed by atoms with Crippen molar-refractivity contribution in [3.8, 4) is 0 Å². The highest BCUT2D eigenvalue weighted by molar-refractivity contribution is 5.78. The van der Waals surface area contributed by atoms with Crippen molar-refractivity contribution < 1.29 is 9.21 Å². The zero-order valence-corrected chi connectivity index (χ0v) is 9.51. The number of amides is 1. The zero-order chi connectivity index (χ0) is 12.1. The van der Waals surface area contributed by atoms with Crippen molar-refractivity contribution in [2.45, 2.75) is 19.9 Å². The minimum absolute atomic E-state index is 0.0892. The SMILES string of the molecule is Cc1ncoc1CC(=O)NCc1cccnc1. The van der Waals surface area contributed by atoms with E-state index >= 15 is 0 Å². The van der Waals surface area contributed by atoms with E-state index in [1.807, 2.05) is 19.1 Å². The standard InChI is InChI=1S/C12H13N3O2/c1-9-11(17-8-15-9)5-12(16)14-7-10-3-2-4-13-6-10/h2-4,6,8H,5,7H2,1H3,(H,14,16). The molecule has 17 heavy (non-hydrogen) atoms. The number of carbonyl (C=O) groups is 1. The molecule has 0 saturated carbocycles. The summed E-state index contributed by atoms with van der Waals surface area (Å²) >= 11 is 0. The highest BCUT2D eigenvalue weighted by Crippen LogP contribution is 2.05. The Morgan fingerprint density at radius 1 is 1.53 bits per heavy atom. The van der Waals surface area contributed by atoms with Gasteiger partial charge in [-0.15, -0.1) is 0 Å². The first-order chi connectivity index (χ1) is 8.25. The molecule has 0 bridgehead atoms. The first-order valence-electron chi connectivity index (χ1n) is 5.30. The molecule has 0 aliphatic rings. The Morgan fingerprint density at radius 2 is 2.41 bits per heavy atom. The zero-order valence-electron chi connectivity index (χ0n) is 9.51. The molecule has 5 heteroatoms. The molecule has 0 fully saturated rings. The average molecular weight is 231 g/mol. The summed E-state index contributed by atoms with van der Waals surface area (Å²) < 4.78 is 5.10. The van der Waals surface area contributed by atoms with Crippen molar-refractivity contribution >= 4 is 5.91 Å². The fourth-order valence-corrected chi connectivity index (χ4v) is 1.41. The number of oxazole rings is 1. The number of carbonyl (C=O) groups excluding carboxylic acids is 1. The molecule has 0 saturated heterocycles. The van der Waals surface area contributed by atoms with Crippen molar-refractivity contribution in [2.24, 2.45) is 0 Å². The van der Waals surface area contributed by atoms with Crippen LogP contribution in [0.2, 0.25) is 0 Å². The van der Waals surface area contributed by atoms with Crippen molar-refractivity contribution in [3.63, 3.8) is 0 Å². The predicted molar refractivity (Wildman–Crippen MR) is 61.0 cm³/mol. The molecule has 1 N–H and O–H groups in total. The van der Waals surface area contributed by atoms with Crippen LogP contribution in [-0.2, 0) is 17.8 Å². The van der Waals surface area contributed by atoms with Crippen molar-refractivity contribution in [2.75, 3.05) is 0 Å². The molecule has 88 valence electrons. The predicted octanol–water partition coefficient (Wildman–Crippen LogP) is 1.24. The van der Waals surface area contributed by atoms with Gasteiger partial charge in [0.05, 0.1) is 12.1 Å². The number of pyridine rings is 1. The lowest BCUT2D eigenvalue weighted by molar-refractivity contribution is -0.120. The molecular formula is C12H13N3O2. The molecule has 0 radical (unpaired) electrons. The summed E-state index contributed by atoms with van der Waals surface area (Å²) in [5.74, 6) is 0.516. The van der Waals surface area contributed by atoms with Crippen LogP contribution in [-0.4, -0.2) is 15.9 Å². The van der Waals surface area contributed by atoms with Crippen molar-refractivity contribution in [3.05, 3.63) is 47.9 Å². The highest BCUT2D eigenvalue weighted by Gasteiger charge is 2.09. The third kappa shape index (κ3) is 3.14. The van der Waals surface area contributed by atoms with E-state index in [4.69, 9.17) is 4.42 Å². The Labute approximate surface area is 98.9 Å². The van der Waals surface area contributed by atoms with Gasteiger partial charge in [-0.25, -0.2) is 4.98 Å². The molecule has 0 aromatic carbocycles. The summed E-state index contributed by atoms with van der Waals surface area (Å²) in [6.45, 7) is 2.28. The summed E-state index contributed by atoms with van der Waals surface area (Å²) in [5, 5.41) is 2.80. The smallest absolute Gasteiger partial charge is 0.227 e. The molecule has 1 amide bonds. The summed E-state index contributed by atoms with van der Waals surface area (Å²) in [6, 6.07) is 3.75. The summed E-state index contributed by atoms with van der Waals surface area (Å²) in [6.07, 6.45) is 4.98. The number of aromatic nitrogens is 2. The molecule has 0 aliphatic heterocycles. The Hall–Kier alpha value is -2.17. The fraction of sp³-hybridized carbons (Fsp3) is 0.250. The van der Waals surface area contributed by atoms with Crippen LogP contribution in [0.4, 0.5) is 0 Å². The van der Waals surface area contributed by atoms with Crippen LogP contribution in [0.15, 0.2) is 35.3 Å². The Bertz CT molecular complexity index is 493. The van der Waals surface area contributed by atoms with Gasteiger partial charge in [-0.05, 0) is 18.6 Å². The van der Waals surface area contributed by atoms with Crippen LogP contribution < -0.4 is 5.32 Å². The lowest BCUT2D eigenvalue weighted by atomic mass is 10.2. The maximum absolute atomic E-state index is 11.6. The quantitative estimate of drug-likeness (QED) is 0.859. The summed E-state index contributed by atoms with van der Waals surface area (Å²) in [4.78, 5) is 19.5. The first-order valence-corrected chi connectivity index (χ1v) is 5.30. The van der Waals surface area contributed by atoms with Gasteiger partial charge < -0.3 is 9.73 Å². The molecule has 2 aromatic heterocycles. The average Bonchev–Trinajstić information content (AvgIpc) is 2.74. The van der Waals surface area contributed by atoms with Crippen LogP contribution in [0.25, 0.3) is 0 Å². The molecule has 0 aliphatic carbocycles. The number of nitrogens with one attached hydrogen (secondary N) is 1. The number of hydrogen-bond donors (Lipinski definition) is 1. The Kier molecular flexibility index (Phi) is 3.49. The van der Waals surface area contributed by atoms with E-state index in [0.717, 1.165) is 11.3 Å². The third-order valence-corrected chi connectivity index (χ3v) is 2.38. The maximum atomic E-state index is 11.6. The highest BCUT2D eigenvalue weighted by atomic mass is 16.3. The van der Waals surface area contributed by atoms with Crippen LogP contribution in [0, 0.1) is 6.92 Å². The molecule has 2 heterocycles. The molecule has 0 spiro atoms. The fourth-order valence-electron chi connectivity index (χ4n) is 1.41. The first kappa shape index (κ1) is 11.3. The van der Waals surface area contributed by atoms with E-state index < -0.39 is 0 Å². The maximum Gasteiger partial charge on any atom is 0.227 e. The van der Waals surface area contributed by atoms with Crippen molar-refractivity contribution in [1.82, 2.24) is 15.3 Å². The molecule has 2 rings (SSSR count). The van der Waals surface area contributed by atoms with E-state index in [9.17, 15) is 4.79 Å². The van der Waals surface area contributed by atoms with E-state index in [1.54, 1.807) is 12.4 Å². The van der Waals surface area contributed by atoms with Gasteiger partial charge in [0, 0.05) is 18.9 Å². The molecule has 0 atom stereocenters. The van der Waals surface area contributed by atoms with Crippen LogP contribution in [0.1, 0.15) is 17.0 Å². The minimum Gasteiger partial charge on any atom is -0.448 e.